The molecular weight excluding hydrogens is 298 g/mol. The number of nitrogen functional groups attached to an aromatic ring is 1. The summed E-state index contributed by atoms with van der Waals surface area (Å²) in [5, 5.41) is 0. The number of para-hydroxylation sites is 2. The Morgan fingerprint density at radius 3 is 2.29 bits per heavy atom. The number of aromatic nitrogens is 2. The van der Waals surface area contributed by atoms with Crippen LogP contribution in [0.1, 0.15) is 0 Å². The summed E-state index contributed by atoms with van der Waals surface area (Å²) in [6, 6.07) is 23.9. The maximum atomic E-state index is 5.82. The first-order valence-corrected chi connectivity index (χ1v) is 7.74. The van der Waals surface area contributed by atoms with Crippen LogP contribution in [0.3, 0.4) is 0 Å². The molecule has 0 aliphatic rings. The van der Waals surface area contributed by atoms with E-state index in [2.05, 4.69) is 10.6 Å². The largest absolute Gasteiger partial charge is 0.497 e. The first kappa shape index (κ1) is 14.3. The van der Waals surface area contributed by atoms with Crippen LogP contribution in [0.15, 0.2) is 72.8 Å². The van der Waals surface area contributed by atoms with Crippen molar-refractivity contribution in [1.82, 2.24) is 9.55 Å². The van der Waals surface area contributed by atoms with Gasteiger partial charge >= 0.3 is 0 Å². The van der Waals surface area contributed by atoms with Gasteiger partial charge in [-0.05, 0) is 60.7 Å². The average molecular weight is 315 g/mol. The quantitative estimate of drug-likeness (QED) is 0.574. The van der Waals surface area contributed by atoms with Gasteiger partial charge in [0.25, 0.3) is 0 Å². The molecule has 118 valence electrons. The van der Waals surface area contributed by atoms with Gasteiger partial charge in [0.15, 0.2) is 0 Å². The molecule has 0 aliphatic heterocycles. The van der Waals surface area contributed by atoms with Gasteiger partial charge in [-0.25, -0.2) is 4.98 Å². The summed E-state index contributed by atoms with van der Waals surface area (Å²) >= 11 is 0. The molecule has 1 heterocycles. The van der Waals surface area contributed by atoms with Crippen LogP contribution >= 0.6 is 0 Å². The lowest BCUT2D eigenvalue weighted by Crippen LogP contribution is -1.98. The van der Waals surface area contributed by atoms with E-state index in [1.54, 1.807) is 7.11 Å². The molecule has 0 amide bonds. The van der Waals surface area contributed by atoms with Crippen molar-refractivity contribution in [1.29, 1.82) is 0 Å². The van der Waals surface area contributed by atoms with Crippen LogP contribution < -0.4 is 10.5 Å². The van der Waals surface area contributed by atoms with E-state index in [9.17, 15) is 0 Å². The maximum absolute atomic E-state index is 5.82. The summed E-state index contributed by atoms with van der Waals surface area (Å²) in [5.41, 5.74) is 10.6. The highest BCUT2D eigenvalue weighted by Crippen LogP contribution is 2.29. The molecular formula is C20H17N3O. The first-order chi connectivity index (χ1) is 11.8. The van der Waals surface area contributed by atoms with Gasteiger partial charge < -0.3 is 10.5 Å². The molecule has 4 nitrogen and oxygen atoms in total. The third-order valence-corrected chi connectivity index (χ3v) is 4.06. The summed E-state index contributed by atoms with van der Waals surface area (Å²) in [6.45, 7) is 0. The molecule has 3 aromatic carbocycles. The zero-order chi connectivity index (χ0) is 16.5. The normalized spacial score (nSPS) is 10.9. The second-order valence-corrected chi connectivity index (χ2v) is 5.58. The molecule has 0 radical (unpaired) electrons. The number of hydrogen-bond acceptors (Lipinski definition) is 3. The fourth-order valence-corrected chi connectivity index (χ4v) is 2.84. The van der Waals surface area contributed by atoms with Gasteiger partial charge in [-0.15, -0.1) is 0 Å². The van der Waals surface area contributed by atoms with Crippen molar-refractivity contribution in [2.45, 2.75) is 0 Å². The molecule has 4 heteroatoms. The molecule has 0 saturated heterocycles. The highest BCUT2D eigenvalue weighted by Gasteiger charge is 2.14. The van der Waals surface area contributed by atoms with Crippen LogP contribution in [0.5, 0.6) is 5.75 Å². The van der Waals surface area contributed by atoms with Crippen LogP contribution in [-0.2, 0) is 0 Å². The number of rotatable bonds is 3. The Hall–Kier alpha value is -3.27. The Morgan fingerprint density at radius 2 is 1.58 bits per heavy atom. The molecule has 0 aliphatic carbocycles. The zero-order valence-corrected chi connectivity index (χ0v) is 13.3. The molecule has 0 saturated carbocycles. The van der Waals surface area contributed by atoms with Crippen LogP contribution in [0.2, 0.25) is 0 Å². The van der Waals surface area contributed by atoms with Crippen LogP contribution in [0.4, 0.5) is 5.69 Å². The summed E-state index contributed by atoms with van der Waals surface area (Å²) < 4.78 is 7.42. The van der Waals surface area contributed by atoms with Crippen molar-refractivity contribution >= 4 is 16.7 Å². The summed E-state index contributed by atoms with van der Waals surface area (Å²) in [4.78, 5) is 4.82. The smallest absolute Gasteiger partial charge is 0.145 e. The molecule has 0 fully saturated rings. The van der Waals surface area contributed by atoms with E-state index in [0.29, 0.717) is 0 Å². The number of imidazole rings is 1. The Labute approximate surface area is 140 Å². The van der Waals surface area contributed by atoms with Gasteiger partial charge in [0, 0.05) is 16.9 Å². The Balaban J connectivity index is 1.97. The highest BCUT2D eigenvalue weighted by molar-refractivity contribution is 5.83. The molecule has 1 aromatic heterocycles. The lowest BCUT2D eigenvalue weighted by molar-refractivity contribution is 0.415. The van der Waals surface area contributed by atoms with E-state index in [1.807, 2.05) is 66.7 Å². The third kappa shape index (κ3) is 2.38. The van der Waals surface area contributed by atoms with Gasteiger partial charge in [-0.1, -0.05) is 12.1 Å². The Bertz CT molecular complexity index is 986. The minimum atomic E-state index is 0.742. The Morgan fingerprint density at radius 1 is 0.875 bits per heavy atom. The monoisotopic (exact) mass is 315 g/mol. The van der Waals surface area contributed by atoms with Gasteiger partial charge in [-0.3, -0.25) is 4.57 Å². The lowest BCUT2D eigenvalue weighted by Gasteiger charge is -2.10. The van der Waals surface area contributed by atoms with Crippen molar-refractivity contribution < 1.29 is 4.74 Å². The van der Waals surface area contributed by atoms with Gasteiger partial charge in [0.2, 0.25) is 0 Å². The SMILES string of the molecule is COc1ccc(-n2c(-c3ccc(N)cc3)nc3ccccc32)cc1. The van der Waals surface area contributed by atoms with Crippen LogP contribution in [-0.4, -0.2) is 16.7 Å². The zero-order valence-electron chi connectivity index (χ0n) is 13.3. The Kier molecular flexibility index (Phi) is 3.43. The van der Waals surface area contributed by atoms with Crippen LogP contribution in [0.25, 0.3) is 28.1 Å². The topological polar surface area (TPSA) is 53.1 Å². The van der Waals surface area contributed by atoms with Crippen molar-refractivity contribution in [2.24, 2.45) is 0 Å². The minimum absolute atomic E-state index is 0.742. The van der Waals surface area contributed by atoms with Crippen LogP contribution in [0, 0.1) is 0 Å². The second-order valence-electron chi connectivity index (χ2n) is 5.58. The van der Waals surface area contributed by atoms with Gasteiger partial charge in [0.05, 0.1) is 18.1 Å². The molecule has 0 unspecified atom stereocenters. The molecule has 0 bridgehead atoms. The predicted molar refractivity (Wildman–Crippen MR) is 97.5 cm³/mol. The summed E-state index contributed by atoms with van der Waals surface area (Å²) in [5.74, 6) is 1.72. The van der Waals surface area contributed by atoms with E-state index >= 15 is 0 Å². The summed E-state index contributed by atoms with van der Waals surface area (Å²) in [6.07, 6.45) is 0. The molecule has 4 aromatic rings. The van der Waals surface area contributed by atoms with E-state index in [-0.39, 0.29) is 0 Å². The maximum Gasteiger partial charge on any atom is 0.145 e. The van der Waals surface area contributed by atoms with Gasteiger partial charge in [-0.2, -0.15) is 0 Å². The number of nitrogens with two attached hydrogens (primary N) is 1. The van der Waals surface area contributed by atoms with E-state index in [1.165, 1.54) is 0 Å². The fourth-order valence-electron chi connectivity index (χ4n) is 2.84. The number of benzene rings is 3. The lowest BCUT2D eigenvalue weighted by atomic mass is 10.2. The highest BCUT2D eigenvalue weighted by atomic mass is 16.5. The van der Waals surface area contributed by atoms with Crippen molar-refractivity contribution in [3.8, 4) is 22.8 Å². The number of hydrogen-bond donors (Lipinski definition) is 1. The number of nitrogens with zero attached hydrogens (tertiary/aromatic N) is 2. The average Bonchev–Trinajstić information content (AvgIpc) is 3.02. The third-order valence-electron chi connectivity index (χ3n) is 4.06. The first-order valence-electron chi connectivity index (χ1n) is 7.74. The minimum Gasteiger partial charge on any atom is -0.497 e. The summed E-state index contributed by atoms with van der Waals surface area (Å²) in [7, 11) is 1.67. The molecule has 24 heavy (non-hydrogen) atoms. The molecule has 0 atom stereocenters. The second kappa shape index (κ2) is 5.74. The number of methoxy groups -OCH3 is 1. The fraction of sp³-hybridized carbons (Fsp3) is 0.0500. The van der Waals surface area contributed by atoms with Crippen molar-refractivity contribution in [3.05, 3.63) is 72.8 Å². The number of ether oxygens (including phenoxy) is 1. The van der Waals surface area contributed by atoms with Gasteiger partial charge in [0.1, 0.15) is 11.6 Å². The predicted octanol–water partition coefficient (Wildman–Crippen LogP) is 4.28. The van der Waals surface area contributed by atoms with Crippen molar-refractivity contribution in [3.63, 3.8) is 0 Å². The van der Waals surface area contributed by atoms with E-state index < -0.39 is 0 Å². The van der Waals surface area contributed by atoms with E-state index in [4.69, 9.17) is 15.5 Å². The number of anilines is 1. The molecule has 4 rings (SSSR count). The van der Waals surface area contributed by atoms with Crippen molar-refractivity contribution in [2.75, 3.05) is 12.8 Å². The standard InChI is InChI=1S/C20H17N3O/c1-24-17-12-10-16(11-13-17)23-19-5-3-2-4-18(19)22-20(23)14-6-8-15(21)9-7-14/h2-13H,21H2,1H3. The molecule has 2 N–H and O–H groups in total. The molecule has 0 spiro atoms. The van der Waals surface area contributed by atoms with E-state index in [0.717, 1.165) is 39.5 Å². The number of fused-ring (bicyclic) bond motifs is 1.